The third-order valence-electron chi connectivity index (χ3n) is 14.7. The number of benzene rings is 6. The first kappa shape index (κ1) is 84.5. The highest BCUT2D eigenvalue weighted by molar-refractivity contribution is 7.59. The second kappa shape index (κ2) is 45.1. The molecule has 0 unspecified atom stereocenters. The summed E-state index contributed by atoms with van der Waals surface area (Å²) < 4.78 is 36.6. The molecular weight excluding hydrogens is 1440 g/mol. The van der Waals surface area contributed by atoms with Crippen molar-refractivity contribution >= 4 is 128 Å². The maximum absolute atomic E-state index is 12.5. The fourth-order valence-corrected chi connectivity index (χ4v) is 11.0. The van der Waals surface area contributed by atoms with E-state index in [2.05, 4.69) is 56.2 Å². The summed E-state index contributed by atoms with van der Waals surface area (Å²) in [6.07, 6.45) is 8.48. The van der Waals surface area contributed by atoms with Crippen LogP contribution in [0.3, 0.4) is 0 Å². The number of aromatic nitrogens is 6. The molecule has 0 fully saturated rings. The quantitative estimate of drug-likeness (QED) is 0.0319. The molecule has 0 aliphatic heterocycles. The van der Waals surface area contributed by atoms with Crippen LogP contribution in [-0.4, -0.2) is 101 Å². The third-order valence-corrected chi connectivity index (χ3v) is 16.2. The predicted octanol–water partition coefficient (Wildman–Crippen LogP) is 14.4. The Morgan fingerprint density at radius 2 is 0.824 bits per heavy atom. The lowest BCUT2D eigenvalue weighted by Crippen LogP contribution is -2.14. The monoisotopic (exact) mass is 1510 g/mol. The van der Waals surface area contributed by atoms with Crippen molar-refractivity contribution in [2.75, 3.05) is 23.1 Å². The van der Waals surface area contributed by atoms with Gasteiger partial charge in [0.1, 0.15) is 17.5 Å². The van der Waals surface area contributed by atoms with Crippen molar-refractivity contribution in [1.29, 1.82) is 0 Å². The van der Waals surface area contributed by atoms with Crippen LogP contribution in [0, 0.1) is 6.92 Å². The zero-order valence-corrected chi connectivity index (χ0v) is 60.7. The molecule has 0 aliphatic carbocycles. The number of rotatable bonds is 27. The minimum atomic E-state index is -3.11. The van der Waals surface area contributed by atoms with Gasteiger partial charge in [-0.15, -0.1) is 12.6 Å². The van der Waals surface area contributed by atoms with Crippen LogP contribution in [0.5, 0.6) is 0 Å². The second-order valence-corrected chi connectivity index (χ2v) is 24.4. The normalized spacial score (nSPS) is 10.2. The number of carboxylic acid groups (broad SMARTS) is 2. The summed E-state index contributed by atoms with van der Waals surface area (Å²) in [5.74, 6) is -0.0160. The average molecular weight is 1510 g/mol. The van der Waals surface area contributed by atoms with E-state index in [1.807, 2.05) is 113 Å². The molecule has 0 atom stereocenters. The summed E-state index contributed by atoms with van der Waals surface area (Å²) in [4.78, 5) is 106. The van der Waals surface area contributed by atoms with Crippen molar-refractivity contribution in [2.24, 2.45) is 0 Å². The molecule has 102 heavy (non-hydrogen) atoms. The number of amides is 3. The van der Waals surface area contributed by atoms with E-state index >= 15 is 0 Å². The minimum Gasteiger partial charge on any atom is -0.481 e. The van der Waals surface area contributed by atoms with Crippen LogP contribution in [0.4, 0.5) is 17.1 Å². The van der Waals surface area contributed by atoms with Crippen molar-refractivity contribution < 1.29 is 70.7 Å². The van der Waals surface area contributed by atoms with Gasteiger partial charge in [0.25, 0.3) is 17.7 Å². The number of hydrogen-bond acceptors (Lipinski definition) is 16. The molecule has 3 amide bonds. The number of unbranched alkanes of at least 4 members (excludes halogenated alkanes) is 3. The van der Waals surface area contributed by atoms with Gasteiger partial charge in [0, 0.05) is 79.2 Å². The van der Waals surface area contributed by atoms with Gasteiger partial charge in [-0.25, -0.2) is 15.0 Å². The van der Waals surface area contributed by atoms with E-state index < -0.39 is 22.5 Å². The van der Waals surface area contributed by atoms with Crippen molar-refractivity contribution in [2.45, 2.75) is 125 Å². The lowest BCUT2D eigenvalue weighted by molar-refractivity contribution is -0.193. The van der Waals surface area contributed by atoms with Crippen LogP contribution in [0.25, 0.3) is 0 Å². The van der Waals surface area contributed by atoms with Crippen molar-refractivity contribution in [3.05, 3.63) is 245 Å². The number of carbonyl (C=O) groups excluding carboxylic acids is 7. The molecule has 0 saturated carbocycles. The lowest BCUT2D eigenvalue weighted by Gasteiger charge is -2.13. The molecule has 30 heteroatoms. The Labute approximate surface area is 615 Å². The summed E-state index contributed by atoms with van der Waals surface area (Å²) >= 11 is 30.9. The number of carbonyl (C=O) groups is 5. The third kappa shape index (κ3) is 28.3. The smallest absolute Gasteiger partial charge is 0.425 e. The molecule has 0 radical (unpaired) electrons. The molecular formula is C72H74Cl5N9O15S. The van der Waals surface area contributed by atoms with Gasteiger partial charge in [0.05, 0.1) is 47.1 Å². The van der Waals surface area contributed by atoms with Gasteiger partial charge in [-0.1, -0.05) is 171 Å². The molecule has 6 aromatic carbocycles. The molecule has 3 heterocycles. The molecule has 0 saturated heterocycles. The molecule has 3 aromatic heterocycles. The van der Waals surface area contributed by atoms with E-state index in [-0.39, 0.29) is 58.7 Å². The molecule has 24 nitrogen and oxygen atoms in total. The Balaban J connectivity index is 0.000000304. The van der Waals surface area contributed by atoms with Crippen LogP contribution in [0.1, 0.15) is 147 Å². The molecule has 0 bridgehead atoms. The van der Waals surface area contributed by atoms with E-state index in [1.165, 1.54) is 6.07 Å². The Kier molecular flexibility index (Phi) is 37.3. The lowest BCUT2D eigenvalue weighted by atomic mass is 10.1. The molecule has 9 rings (SSSR count). The SMILES string of the molecule is CCCCc1nc(Cl)c(CC(=O)O)n1Cc1ccc(NC(=O)c2cc(Cl)ccc2Cl)cc1.CCCCc1nc(Cl)c(CC(=O)O)n1Cc1ccc(NC(=O)c2ccccc2C)cc1.CCCCc1nc(Cl)c(COC)n1Cc1ccc(NC(=O)c2ccccc2)cc1.O=C=O.O=C=O.O=S(=O)=O. The van der Waals surface area contributed by atoms with Gasteiger partial charge in [-0.2, -0.15) is 19.2 Å². The van der Waals surface area contributed by atoms with E-state index in [0.717, 1.165) is 102 Å². The number of ether oxygens (including phenoxy) is 1. The largest absolute Gasteiger partial charge is 0.481 e. The summed E-state index contributed by atoms with van der Waals surface area (Å²) in [7, 11) is -1.45. The Morgan fingerprint density at radius 3 is 1.19 bits per heavy atom. The Hall–Kier alpha value is -9.91. The average Bonchev–Trinajstić information content (AvgIpc) is 1.66. The number of hydrogen-bond donors (Lipinski definition) is 5. The van der Waals surface area contributed by atoms with Gasteiger partial charge in [-0.3, -0.25) is 24.0 Å². The molecule has 538 valence electrons. The fourth-order valence-electron chi connectivity index (χ4n) is 9.87. The number of imidazole rings is 3. The van der Waals surface area contributed by atoms with Gasteiger partial charge in [0.2, 0.25) is 0 Å². The highest BCUT2D eigenvalue weighted by Crippen LogP contribution is 2.28. The zero-order valence-electron chi connectivity index (χ0n) is 56.1. The number of methoxy groups -OCH3 is 1. The number of carboxylic acids is 2. The highest BCUT2D eigenvalue weighted by atomic mass is 35.5. The molecule has 0 spiro atoms. The maximum Gasteiger partial charge on any atom is 0.425 e. The fraction of sp³-hybridized carbons (Fsp3) is 0.278. The highest BCUT2D eigenvalue weighted by Gasteiger charge is 2.22. The first-order valence-corrected chi connectivity index (χ1v) is 34.4. The number of aryl methyl sites for hydroxylation is 4. The van der Waals surface area contributed by atoms with Gasteiger partial charge >= 0.3 is 34.9 Å². The van der Waals surface area contributed by atoms with Crippen LogP contribution < -0.4 is 16.0 Å². The number of aliphatic carboxylic acids is 2. The number of nitrogens with one attached hydrogen (secondary N) is 3. The van der Waals surface area contributed by atoms with E-state index in [1.54, 1.807) is 49.6 Å². The van der Waals surface area contributed by atoms with Crippen molar-refractivity contribution in [3.8, 4) is 0 Å². The first-order valence-electron chi connectivity index (χ1n) is 31.5. The predicted molar refractivity (Wildman–Crippen MR) is 385 cm³/mol. The summed E-state index contributed by atoms with van der Waals surface area (Å²) in [5, 5.41) is 28.9. The summed E-state index contributed by atoms with van der Waals surface area (Å²) in [6.45, 7) is 10.2. The van der Waals surface area contributed by atoms with E-state index in [0.29, 0.717) is 81.7 Å². The topological polar surface area (TPSA) is 344 Å². The maximum atomic E-state index is 12.5. The second-order valence-electron chi connectivity index (χ2n) is 22.1. The first-order chi connectivity index (χ1) is 48.8. The van der Waals surface area contributed by atoms with Crippen LogP contribution >= 0.6 is 58.0 Å². The molecule has 0 aliphatic rings. The van der Waals surface area contributed by atoms with Crippen LogP contribution in [0.2, 0.25) is 25.5 Å². The Bertz CT molecular complexity index is 4410. The number of anilines is 3. The van der Waals surface area contributed by atoms with Gasteiger partial charge in [-0.05, 0) is 121 Å². The minimum absolute atomic E-state index is 0.121. The molecule has 5 N–H and O–H groups in total. The van der Waals surface area contributed by atoms with Crippen molar-refractivity contribution in [1.82, 2.24) is 28.7 Å². The number of halogens is 5. The van der Waals surface area contributed by atoms with Crippen LogP contribution in [0.15, 0.2) is 146 Å². The zero-order chi connectivity index (χ0) is 75.3. The number of nitrogens with zero attached hydrogens (tertiary/aromatic N) is 6. The summed E-state index contributed by atoms with van der Waals surface area (Å²) in [5.41, 5.74) is 9.39. The van der Waals surface area contributed by atoms with E-state index in [9.17, 15) is 34.2 Å². The standard InChI is InChI=1S/C24H26ClN3O3.C23H22Cl3N3O3.C23H26ClN3O2.2CO2.O3S/c1-3-4-9-21-27-23(25)20(14-22(29)30)28(21)15-17-10-12-18(13-11-17)26-24(31)19-8-6-5-7-16(19)2;1-2-3-4-20-28-22(26)19(12-21(30)31)29(20)13-14-5-8-16(9-6-14)27-23(32)17-11-15(24)7-10-18(17)25;1-3-4-10-21-26-22(24)20(16-29-2)27(21)15-17-11-13-19(14-12-17)25-23(28)18-8-6-5-7-9-18;2*2-1-3;1-4(2)3/h5-8,10-13H,3-4,9,14-15H2,1-2H3,(H,26,31)(H,29,30);5-11H,2-4,12-13H2,1H3,(H,27,32)(H,30,31);5-9,11-14H,3-4,10,15-16H2,1-2H3,(H,25,28);;;. The van der Waals surface area contributed by atoms with Gasteiger partial charge < -0.3 is 44.6 Å². The van der Waals surface area contributed by atoms with Crippen molar-refractivity contribution in [3.63, 3.8) is 0 Å². The summed E-state index contributed by atoms with van der Waals surface area (Å²) in [6, 6.07) is 43.9. The van der Waals surface area contributed by atoms with E-state index in [4.69, 9.17) is 94.5 Å². The Morgan fingerprint density at radius 1 is 0.480 bits per heavy atom. The molecule has 9 aromatic rings. The van der Waals surface area contributed by atoms with Gasteiger partial charge in [0.15, 0.2) is 15.5 Å². The van der Waals surface area contributed by atoms with Crippen LogP contribution in [-0.2, 0) is 102 Å².